The Morgan fingerprint density at radius 3 is 2.31 bits per heavy atom. The molecule has 2 N–H and O–H groups in total. The minimum Gasteiger partial charge on any atom is -0.396 e. The lowest BCUT2D eigenvalue weighted by molar-refractivity contribution is 0.131. The van der Waals surface area contributed by atoms with E-state index in [4.69, 9.17) is 5.26 Å². The Hall–Kier alpha value is -0.590. The molecular weight excluding hydrogens is 200 g/mol. The Bertz CT molecular complexity index is 227. The van der Waals surface area contributed by atoms with Crippen molar-refractivity contribution < 1.29 is 5.11 Å². The van der Waals surface area contributed by atoms with Crippen LogP contribution in [0.25, 0.3) is 0 Å². The second-order valence-corrected chi connectivity index (χ2v) is 5.75. The minimum atomic E-state index is -0.0225. The van der Waals surface area contributed by atoms with E-state index in [9.17, 15) is 5.11 Å². The van der Waals surface area contributed by atoms with Gasteiger partial charge in [0.2, 0.25) is 0 Å². The van der Waals surface area contributed by atoms with Crippen molar-refractivity contribution in [3.05, 3.63) is 0 Å². The van der Waals surface area contributed by atoms with Crippen molar-refractivity contribution in [1.29, 1.82) is 5.26 Å². The van der Waals surface area contributed by atoms with Crippen molar-refractivity contribution >= 4 is 0 Å². The molecule has 1 unspecified atom stereocenters. The molecule has 0 aromatic carbocycles. The van der Waals surface area contributed by atoms with Crippen LogP contribution < -0.4 is 5.32 Å². The molecule has 0 saturated carbocycles. The van der Waals surface area contributed by atoms with Gasteiger partial charge in [0.1, 0.15) is 0 Å². The zero-order valence-corrected chi connectivity index (χ0v) is 11.1. The molecule has 0 heterocycles. The number of nitrogens with zero attached hydrogens (tertiary/aromatic N) is 1. The zero-order chi connectivity index (χ0) is 12.7. The minimum absolute atomic E-state index is 0.0225. The zero-order valence-electron chi connectivity index (χ0n) is 11.1. The third-order valence-electron chi connectivity index (χ3n) is 3.30. The van der Waals surface area contributed by atoms with Crippen molar-refractivity contribution in [1.82, 2.24) is 5.32 Å². The summed E-state index contributed by atoms with van der Waals surface area (Å²) >= 11 is 0. The summed E-state index contributed by atoms with van der Waals surface area (Å²) in [6.45, 7) is 10.5. The van der Waals surface area contributed by atoms with Gasteiger partial charge in [-0.3, -0.25) is 0 Å². The van der Waals surface area contributed by atoms with E-state index in [1.165, 1.54) is 0 Å². The van der Waals surface area contributed by atoms with Crippen LogP contribution in [0, 0.1) is 22.2 Å². The smallest absolute Gasteiger partial charge is 0.0621 e. The van der Waals surface area contributed by atoms with Crippen LogP contribution in [0.4, 0.5) is 0 Å². The van der Waals surface area contributed by atoms with E-state index in [0.29, 0.717) is 6.42 Å². The quantitative estimate of drug-likeness (QED) is 0.668. The molecular formula is C13H26N2O. The summed E-state index contributed by atoms with van der Waals surface area (Å²) in [7, 11) is 0. The molecule has 0 aliphatic heterocycles. The van der Waals surface area contributed by atoms with Crippen molar-refractivity contribution in [2.75, 3.05) is 19.7 Å². The van der Waals surface area contributed by atoms with Gasteiger partial charge in [0.25, 0.3) is 0 Å². The topological polar surface area (TPSA) is 56.0 Å². The molecule has 0 saturated heterocycles. The van der Waals surface area contributed by atoms with Crippen LogP contribution in [0.5, 0.6) is 0 Å². The summed E-state index contributed by atoms with van der Waals surface area (Å²) in [5.74, 6) is 0. The lowest BCUT2D eigenvalue weighted by Crippen LogP contribution is -2.39. The molecule has 0 spiro atoms. The summed E-state index contributed by atoms with van der Waals surface area (Å²) < 4.78 is 0. The van der Waals surface area contributed by atoms with Crippen molar-refractivity contribution in [3.63, 3.8) is 0 Å². The number of hydrogen-bond donors (Lipinski definition) is 2. The Labute approximate surface area is 99.9 Å². The van der Waals surface area contributed by atoms with Gasteiger partial charge in [0.15, 0.2) is 0 Å². The summed E-state index contributed by atoms with van der Waals surface area (Å²) in [5, 5.41) is 21.2. The first-order chi connectivity index (χ1) is 7.39. The average Bonchev–Trinajstić information content (AvgIpc) is 2.26. The van der Waals surface area contributed by atoms with Crippen molar-refractivity contribution in [3.8, 4) is 6.07 Å². The monoisotopic (exact) mass is 226 g/mol. The van der Waals surface area contributed by atoms with Gasteiger partial charge in [-0.2, -0.15) is 5.26 Å². The predicted molar refractivity (Wildman–Crippen MR) is 67.0 cm³/mol. The number of hydrogen-bond acceptors (Lipinski definition) is 3. The Kier molecular flexibility index (Phi) is 6.62. The molecule has 94 valence electrons. The fourth-order valence-corrected chi connectivity index (χ4v) is 1.48. The van der Waals surface area contributed by atoms with Crippen LogP contribution >= 0.6 is 0 Å². The van der Waals surface area contributed by atoms with Gasteiger partial charge in [-0.25, -0.2) is 0 Å². The third kappa shape index (κ3) is 6.09. The summed E-state index contributed by atoms with van der Waals surface area (Å²) in [6, 6.07) is 2.19. The first kappa shape index (κ1) is 15.4. The summed E-state index contributed by atoms with van der Waals surface area (Å²) in [4.78, 5) is 0. The Morgan fingerprint density at radius 2 is 1.88 bits per heavy atom. The summed E-state index contributed by atoms with van der Waals surface area (Å²) in [5.41, 5.74) is 0.130. The van der Waals surface area contributed by atoms with Gasteiger partial charge in [0, 0.05) is 31.5 Å². The fraction of sp³-hybridized carbons (Fsp3) is 0.923. The lowest BCUT2D eigenvalue weighted by atomic mass is 9.85. The molecule has 0 rings (SSSR count). The molecule has 0 bridgehead atoms. The van der Waals surface area contributed by atoms with Crippen LogP contribution in [0.3, 0.4) is 0 Å². The summed E-state index contributed by atoms with van der Waals surface area (Å²) in [6.07, 6.45) is 2.49. The van der Waals surface area contributed by atoms with Crippen LogP contribution in [0.15, 0.2) is 0 Å². The van der Waals surface area contributed by atoms with Crippen LogP contribution in [0.1, 0.15) is 47.0 Å². The molecule has 0 fully saturated rings. The predicted octanol–water partition coefficient (Wildman–Crippen LogP) is 2.31. The van der Waals surface area contributed by atoms with Gasteiger partial charge in [-0.05, 0) is 18.3 Å². The molecule has 3 heteroatoms. The van der Waals surface area contributed by atoms with Crippen molar-refractivity contribution in [2.45, 2.75) is 47.0 Å². The first-order valence-corrected chi connectivity index (χ1v) is 6.08. The highest BCUT2D eigenvalue weighted by Crippen LogP contribution is 2.22. The Balaban J connectivity index is 3.92. The van der Waals surface area contributed by atoms with E-state index in [2.05, 4.69) is 39.1 Å². The van der Waals surface area contributed by atoms with E-state index >= 15 is 0 Å². The van der Waals surface area contributed by atoms with Crippen LogP contribution in [-0.4, -0.2) is 24.8 Å². The maximum atomic E-state index is 9.27. The van der Waals surface area contributed by atoms with Crippen molar-refractivity contribution in [2.24, 2.45) is 10.8 Å². The second-order valence-electron chi connectivity index (χ2n) is 5.75. The highest BCUT2D eigenvalue weighted by atomic mass is 16.3. The van der Waals surface area contributed by atoms with Gasteiger partial charge in [0.05, 0.1) is 6.07 Å². The number of rotatable bonds is 8. The molecule has 0 aromatic heterocycles. The van der Waals surface area contributed by atoms with Gasteiger partial charge < -0.3 is 10.4 Å². The standard InChI is InChI=1S/C13H26N2O/c1-5-13(4,11-16)10-15-9-12(2,3)7-6-8-14/h15-16H,5-7,9-11H2,1-4H3. The normalized spacial score (nSPS) is 15.5. The van der Waals surface area contributed by atoms with E-state index < -0.39 is 0 Å². The molecule has 3 nitrogen and oxygen atoms in total. The molecule has 0 aromatic rings. The lowest BCUT2D eigenvalue weighted by Gasteiger charge is -2.30. The van der Waals surface area contributed by atoms with Gasteiger partial charge in [-0.1, -0.05) is 27.7 Å². The van der Waals surface area contributed by atoms with E-state index in [-0.39, 0.29) is 17.4 Å². The number of aliphatic hydroxyl groups excluding tert-OH is 1. The van der Waals surface area contributed by atoms with E-state index in [1.54, 1.807) is 0 Å². The second kappa shape index (κ2) is 6.88. The van der Waals surface area contributed by atoms with Crippen LogP contribution in [0.2, 0.25) is 0 Å². The number of aliphatic hydroxyl groups is 1. The van der Waals surface area contributed by atoms with E-state index in [0.717, 1.165) is 25.9 Å². The molecule has 1 atom stereocenters. The molecule has 0 aliphatic carbocycles. The van der Waals surface area contributed by atoms with E-state index in [1.807, 2.05) is 0 Å². The first-order valence-electron chi connectivity index (χ1n) is 6.08. The molecule has 0 aliphatic rings. The average molecular weight is 226 g/mol. The number of nitrogens with one attached hydrogen (secondary N) is 1. The Morgan fingerprint density at radius 1 is 1.25 bits per heavy atom. The SMILES string of the molecule is CCC(C)(CO)CNCC(C)(C)CCC#N. The maximum Gasteiger partial charge on any atom is 0.0621 e. The highest BCUT2D eigenvalue weighted by molar-refractivity contribution is 4.81. The largest absolute Gasteiger partial charge is 0.396 e. The fourth-order valence-electron chi connectivity index (χ4n) is 1.48. The number of nitriles is 1. The molecule has 0 amide bonds. The highest BCUT2D eigenvalue weighted by Gasteiger charge is 2.23. The van der Waals surface area contributed by atoms with Gasteiger partial charge in [-0.15, -0.1) is 0 Å². The van der Waals surface area contributed by atoms with Gasteiger partial charge >= 0.3 is 0 Å². The van der Waals surface area contributed by atoms with Crippen LogP contribution in [-0.2, 0) is 0 Å². The molecule has 0 radical (unpaired) electrons. The molecule has 16 heavy (non-hydrogen) atoms. The third-order valence-corrected chi connectivity index (χ3v) is 3.30. The maximum absolute atomic E-state index is 9.27.